The number of hydrogen-bond donors (Lipinski definition) is 0. The molecule has 0 aliphatic heterocycles. The van der Waals surface area contributed by atoms with E-state index in [-0.39, 0.29) is 0 Å². The van der Waals surface area contributed by atoms with Gasteiger partial charge in [-0.25, -0.2) is 4.68 Å². The second-order valence-corrected chi connectivity index (χ2v) is 4.54. The average molecular weight is 259 g/mol. The Hall–Kier alpha value is -3.06. The molecule has 0 aliphatic carbocycles. The van der Waals surface area contributed by atoms with Crippen molar-refractivity contribution in [3.8, 4) is 11.8 Å². The number of para-hydroxylation sites is 1. The number of nitrogens with zero attached hydrogens (tertiary/aromatic N) is 3. The Balaban J connectivity index is 1.98. The molecule has 0 amide bonds. The molecule has 4 nitrogen and oxygen atoms in total. The second-order valence-electron chi connectivity index (χ2n) is 4.54. The monoisotopic (exact) mass is 259 g/mol. The van der Waals surface area contributed by atoms with Crippen LogP contribution in [0.3, 0.4) is 0 Å². The minimum absolute atomic E-state index is 0.405. The molecule has 2 heterocycles. The largest absolute Gasteiger partial charge is 0.456 e. The molecule has 4 heteroatoms. The predicted octanol–water partition coefficient (Wildman–Crippen LogP) is 3.64. The van der Waals surface area contributed by atoms with Gasteiger partial charge in [0.2, 0.25) is 0 Å². The van der Waals surface area contributed by atoms with E-state index in [4.69, 9.17) is 9.68 Å². The number of fused-ring (bicyclic) bond motifs is 3. The Labute approximate surface area is 114 Å². The first-order valence-electron chi connectivity index (χ1n) is 6.22. The van der Waals surface area contributed by atoms with Crippen LogP contribution in [-0.2, 0) is 0 Å². The van der Waals surface area contributed by atoms with Crippen LogP contribution in [-0.4, -0.2) is 9.78 Å². The molecule has 0 aliphatic rings. The van der Waals surface area contributed by atoms with Crippen molar-refractivity contribution in [3.05, 3.63) is 60.4 Å². The lowest BCUT2D eigenvalue weighted by molar-refractivity contribution is 0.668. The zero-order valence-electron chi connectivity index (χ0n) is 10.4. The number of furan rings is 1. The van der Waals surface area contributed by atoms with E-state index in [0.717, 1.165) is 27.6 Å². The highest BCUT2D eigenvalue weighted by Crippen LogP contribution is 2.29. The molecule has 0 atom stereocenters. The van der Waals surface area contributed by atoms with E-state index in [9.17, 15) is 0 Å². The van der Waals surface area contributed by atoms with Gasteiger partial charge in [-0.15, -0.1) is 0 Å². The van der Waals surface area contributed by atoms with E-state index in [1.165, 1.54) is 0 Å². The summed E-state index contributed by atoms with van der Waals surface area (Å²) in [5.41, 5.74) is 3.04. The van der Waals surface area contributed by atoms with Crippen LogP contribution in [0.4, 0.5) is 0 Å². The van der Waals surface area contributed by atoms with Gasteiger partial charge in [0.1, 0.15) is 17.2 Å². The van der Waals surface area contributed by atoms with Crippen molar-refractivity contribution >= 4 is 21.9 Å². The highest BCUT2D eigenvalue weighted by Gasteiger charge is 2.08. The second kappa shape index (κ2) is 3.97. The van der Waals surface area contributed by atoms with E-state index in [2.05, 4.69) is 5.10 Å². The Morgan fingerprint density at radius 1 is 1.00 bits per heavy atom. The summed E-state index contributed by atoms with van der Waals surface area (Å²) in [5.74, 6) is 0. The minimum atomic E-state index is 0.405. The van der Waals surface area contributed by atoms with Crippen molar-refractivity contribution in [2.75, 3.05) is 0 Å². The van der Waals surface area contributed by atoms with Crippen molar-refractivity contribution in [2.45, 2.75) is 0 Å². The van der Waals surface area contributed by atoms with Gasteiger partial charge in [-0.05, 0) is 30.3 Å². The first-order chi connectivity index (χ1) is 9.85. The predicted molar refractivity (Wildman–Crippen MR) is 75.6 cm³/mol. The molecule has 2 aromatic carbocycles. The van der Waals surface area contributed by atoms with E-state index in [1.807, 2.05) is 48.5 Å². The molecule has 0 radical (unpaired) electrons. The fraction of sp³-hybridized carbons (Fsp3) is 0. The Morgan fingerprint density at radius 2 is 1.85 bits per heavy atom. The quantitative estimate of drug-likeness (QED) is 0.524. The van der Waals surface area contributed by atoms with Crippen LogP contribution in [0.15, 0.2) is 59.1 Å². The molecule has 4 rings (SSSR count). The zero-order chi connectivity index (χ0) is 13.5. The standard InChI is InChI=1S/C16H9N3O/c17-10-11-7-8-19(18-11)12-5-6-16-14(9-12)13-3-1-2-4-15(13)20-16/h1-9H. The summed E-state index contributed by atoms with van der Waals surface area (Å²) in [5, 5.41) is 15.2. The van der Waals surface area contributed by atoms with E-state index in [0.29, 0.717) is 5.69 Å². The van der Waals surface area contributed by atoms with E-state index >= 15 is 0 Å². The Bertz CT molecular complexity index is 972. The number of nitriles is 1. The van der Waals surface area contributed by atoms with Gasteiger partial charge in [-0.3, -0.25) is 0 Å². The fourth-order valence-corrected chi connectivity index (χ4v) is 2.38. The highest BCUT2D eigenvalue weighted by atomic mass is 16.3. The van der Waals surface area contributed by atoms with Crippen molar-refractivity contribution in [1.82, 2.24) is 9.78 Å². The summed E-state index contributed by atoms with van der Waals surface area (Å²) in [7, 11) is 0. The molecule has 0 fully saturated rings. The summed E-state index contributed by atoms with van der Waals surface area (Å²) in [6.45, 7) is 0. The molecule has 0 saturated carbocycles. The van der Waals surface area contributed by atoms with Crippen LogP contribution < -0.4 is 0 Å². The number of hydrogen-bond acceptors (Lipinski definition) is 3. The van der Waals surface area contributed by atoms with Crippen molar-refractivity contribution in [1.29, 1.82) is 5.26 Å². The van der Waals surface area contributed by atoms with Gasteiger partial charge < -0.3 is 4.42 Å². The summed E-state index contributed by atoms with van der Waals surface area (Å²) < 4.78 is 7.48. The zero-order valence-corrected chi connectivity index (χ0v) is 10.4. The molecule has 0 saturated heterocycles. The molecular formula is C16H9N3O. The molecule has 4 aromatic rings. The number of benzene rings is 2. The van der Waals surface area contributed by atoms with Gasteiger partial charge in [0.05, 0.1) is 5.69 Å². The van der Waals surface area contributed by atoms with Crippen LogP contribution in [0.5, 0.6) is 0 Å². The van der Waals surface area contributed by atoms with E-state index in [1.54, 1.807) is 16.9 Å². The third-order valence-corrected chi connectivity index (χ3v) is 3.33. The maximum Gasteiger partial charge on any atom is 0.162 e. The van der Waals surface area contributed by atoms with Gasteiger partial charge in [0.15, 0.2) is 5.69 Å². The average Bonchev–Trinajstić information content (AvgIpc) is 3.11. The maximum atomic E-state index is 8.84. The minimum Gasteiger partial charge on any atom is -0.456 e. The lowest BCUT2D eigenvalue weighted by Crippen LogP contribution is -1.94. The summed E-state index contributed by atoms with van der Waals surface area (Å²) >= 11 is 0. The molecule has 20 heavy (non-hydrogen) atoms. The normalized spacial score (nSPS) is 10.9. The maximum absolute atomic E-state index is 8.84. The first-order valence-corrected chi connectivity index (χ1v) is 6.22. The third-order valence-electron chi connectivity index (χ3n) is 3.33. The van der Waals surface area contributed by atoms with Crippen LogP contribution in [0.2, 0.25) is 0 Å². The lowest BCUT2D eigenvalue weighted by Gasteiger charge is -2.00. The van der Waals surface area contributed by atoms with Gasteiger partial charge in [0.25, 0.3) is 0 Å². The Morgan fingerprint density at radius 3 is 2.70 bits per heavy atom. The van der Waals surface area contributed by atoms with Crippen LogP contribution in [0.1, 0.15) is 5.69 Å². The van der Waals surface area contributed by atoms with Gasteiger partial charge in [-0.1, -0.05) is 18.2 Å². The SMILES string of the molecule is N#Cc1ccn(-c2ccc3oc4ccccc4c3c2)n1. The number of rotatable bonds is 1. The van der Waals surface area contributed by atoms with Crippen LogP contribution in [0, 0.1) is 11.3 Å². The molecule has 0 N–H and O–H groups in total. The number of aromatic nitrogens is 2. The summed E-state index contributed by atoms with van der Waals surface area (Å²) in [4.78, 5) is 0. The van der Waals surface area contributed by atoms with Crippen LogP contribution >= 0.6 is 0 Å². The van der Waals surface area contributed by atoms with Gasteiger partial charge in [0, 0.05) is 17.0 Å². The van der Waals surface area contributed by atoms with E-state index < -0.39 is 0 Å². The molecule has 0 unspecified atom stereocenters. The highest BCUT2D eigenvalue weighted by molar-refractivity contribution is 6.05. The van der Waals surface area contributed by atoms with Crippen molar-refractivity contribution in [2.24, 2.45) is 0 Å². The smallest absolute Gasteiger partial charge is 0.162 e. The fourth-order valence-electron chi connectivity index (χ4n) is 2.38. The Kier molecular flexibility index (Phi) is 2.15. The van der Waals surface area contributed by atoms with Crippen molar-refractivity contribution < 1.29 is 4.42 Å². The molecule has 2 aromatic heterocycles. The summed E-state index contributed by atoms with van der Waals surface area (Å²) in [6, 6.07) is 17.5. The van der Waals surface area contributed by atoms with Crippen LogP contribution in [0.25, 0.3) is 27.6 Å². The molecule has 94 valence electrons. The lowest BCUT2D eigenvalue weighted by atomic mass is 10.1. The van der Waals surface area contributed by atoms with Gasteiger partial charge >= 0.3 is 0 Å². The summed E-state index contributed by atoms with van der Waals surface area (Å²) in [6.07, 6.45) is 1.78. The molecule has 0 spiro atoms. The molecular weight excluding hydrogens is 250 g/mol. The first kappa shape index (κ1) is 10.8. The van der Waals surface area contributed by atoms with Crippen molar-refractivity contribution in [3.63, 3.8) is 0 Å². The topological polar surface area (TPSA) is 54.8 Å². The third kappa shape index (κ3) is 1.50. The molecule has 0 bridgehead atoms. The van der Waals surface area contributed by atoms with Gasteiger partial charge in [-0.2, -0.15) is 10.4 Å².